The average molecular weight is 288 g/mol. The number of hydrogen-bond donors (Lipinski definition) is 1. The second kappa shape index (κ2) is 7.20. The van der Waals surface area contributed by atoms with Crippen molar-refractivity contribution in [2.75, 3.05) is 25.6 Å². The van der Waals surface area contributed by atoms with Crippen LogP contribution in [0.2, 0.25) is 0 Å². The first kappa shape index (κ1) is 15.5. The molecule has 0 aliphatic heterocycles. The molecule has 0 heterocycles. The molecule has 2 N–H and O–H groups in total. The molecule has 4 heteroatoms. The molecule has 21 heavy (non-hydrogen) atoms. The van der Waals surface area contributed by atoms with Crippen LogP contribution in [0.15, 0.2) is 48.5 Å². The number of hydrogen-bond acceptors (Lipinski definition) is 3. The Morgan fingerprint density at radius 3 is 2.43 bits per heavy atom. The van der Waals surface area contributed by atoms with Crippen molar-refractivity contribution in [1.29, 1.82) is 0 Å². The van der Waals surface area contributed by atoms with Crippen molar-refractivity contribution in [1.82, 2.24) is 0 Å². The molecule has 0 radical (unpaired) electrons. The molecule has 0 aromatic heterocycles. The molecular weight excluding hydrogens is 267 g/mol. The number of nitrogens with two attached hydrogens (primary N) is 1. The number of rotatable bonds is 6. The number of nitrogens with zero attached hydrogens (tertiary/aromatic N) is 1. The van der Waals surface area contributed by atoms with Gasteiger partial charge < -0.3 is 15.4 Å². The fraction of sp³-hybridized carbons (Fsp3) is 0.294. The molecule has 1 unspecified atom stereocenters. The van der Waals surface area contributed by atoms with Gasteiger partial charge in [-0.3, -0.25) is 0 Å². The van der Waals surface area contributed by atoms with E-state index in [0.717, 1.165) is 16.8 Å². The van der Waals surface area contributed by atoms with Crippen molar-refractivity contribution >= 4 is 5.69 Å². The van der Waals surface area contributed by atoms with E-state index in [0.29, 0.717) is 13.2 Å². The van der Waals surface area contributed by atoms with E-state index >= 15 is 0 Å². The van der Waals surface area contributed by atoms with Crippen LogP contribution in [0.5, 0.6) is 0 Å². The third kappa shape index (κ3) is 3.60. The lowest BCUT2D eigenvalue weighted by molar-refractivity contribution is 0.183. The summed E-state index contributed by atoms with van der Waals surface area (Å²) in [5.41, 5.74) is 9.16. The Morgan fingerprint density at radius 2 is 1.81 bits per heavy atom. The Bertz CT molecular complexity index is 571. The number of halogens is 1. The van der Waals surface area contributed by atoms with E-state index in [1.54, 1.807) is 19.2 Å². The molecule has 0 saturated carbocycles. The fourth-order valence-electron chi connectivity index (χ4n) is 2.50. The van der Waals surface area contributed by atoms with Gasteiger partial charge in [0.25, 0.3) is 0 Å². The van der Waals surface area contributed by atoms with Gasteiger partial charge in [-0.1, -0.05) is 24.3 Å². The zero-order valence-corrected chi connectivity index (χ0v) is 12.4. The third-order valence-electron chi connectivity index (χ3n) is 3.64. The highest BCUT2D eigenvalue weighted by Crippen LogP contribution is 2.27. The summed E-state index contributed by atoms with van der Waals surface area (Å²) in [5, 5.41) is 0. The van der Waals surface area contributed by atoms with Gasteiger partial charge in [0.2, 0.25) is 0 Å². The number of anilines is 1. The topological polar surface area (TPSA) is 38.5 Å². The number of likely N-dealkylation sites (N-methyl/N-ethyl adjacent to an activating group) is 1. The molecule has 0 amide bonds. The van der Waals surface area contributed by atoms with Crippen LogP contribution in [0.1, 0.15) is 17.2 Å². The quantitative estimate of drug-likeness (QED) is 0.887. The Hall–Kier alpha value is -1.91. The first-order valence-electron chi connectivity index (χ1n) is 6.92. The SMILES string of the molecule is COCc1ccccc1C(CN)N(C)c1ccc(F)cc1. The maximum Gasteiger partial charge on any atom is 0.123 e. The van der Waals surface area contributed by atoms with Gasteiger partial charge in [0.15, 0.2) is 0 Å². The minimum Gasteiger partial charge on any atom is -0.380 e. The minimum atomic E-state index is -0.240. The monoisotopic (exact) mass is 288 g/mol. The van der Waals surface area contributed by atoms with Crippen LogP contribution in [-0.2, 0) is 11.3 Å². The van der Waals surface area contributed by atoms with E-state index in [-0.39, 0.29) is 11.9 Å². The van der Waals surface area contributed by atoms with Crippen molar-refractivity contribution in [2.45, 2.75) is 12.6 Å². The molecule has 0 aliphatic carbocycles. The lowest BCUT2D eigenvalue weighted by Gasteiger charge is -2.31. The third-order valence-corrected chi connectivity index (χ3v) is 3.64. The highest BCUT2D eigenvalue weighted by atomic mass is 19.1. The van der Waals surface area contributed by atoms with Gasteiger partial charge in [-0.05, 0) is 35.4 Å². The van der Waals surface area contributed by atoms with E-state index < -0.39 is 0 Å². The predicted molar refractivity (Wildman–Crippen MR) is 83.8 cm³/mol. The van der Waals surface area contributed by atoms with Crippen molar-refractivity contribution in [3.63, 3.8) is 0 Å². The molecule has 112 valence electrons. The highest BCUT2D eigenvalue weighted by molar-refractivity contribution is 5.49. The summed E-state index contributed by atoms with van der Waals surface area (Å²) < 4.78 is 18.3. The maximum absolute atomic E-state index is 13.1. The van der Waals surface area contributed by atoms with Crippen LogP contribution >= 0.6 is 0 Å². The Labute approximate surface area is 125 Å². The molecule has 1 atom stereocenters. The van der Waals surface area contributed by atoms with Crippen LogP contribution in [0, 0.1) is 5.82 Å². The molecule has 2 aromatic carbocycles. The number of methoxy groups -OCH3 is 1. The fourth-order valence-corrected chi connectivity index (χ4v) is 2.50. The zero-order valence-electron chi connectivity index (χ0n) is 12.4. The Kier molecular flexibility index (Phi) is 5.31. The van der Waals surface area contributed by atoms with E-state index in [1.807, 2.05) is 25.2 Å². The lowest BCUT2D eigenvalue weighted by atomic mass is 9.99. The van der Waals surface area contributed by atoms with Gasteiger partial charge >= 0.3 is 0 Å². The first-order valence-corrected chi connectivity index (χ1v) is 6.92. The van der Waals surface area contributed by atoms with Crippen molar-refractivity contribution in [3.05, 3.63) is 65.5 Å². The van der Waals surface area contributed by atoms with Gasteiger partial charge in [-0.25, -0.2) is 4.39 Å². The summed E-state index contributed by atoms with van der Waals surface area (Å²) in [5.74, 6) is -0.240. The average Bonchev–Trinajstić information content (AvgIpc) is 2.50. The minimum absolute atomic E-state index is 0.0156. The maximum atomic E-state index is 13.1. The lowest BCUT2D eigenvalue weighted by Crippen LogP contribution is -2.31. The van der Waals surface area contributed by atoms with Gasteiger partial charge in [-0.15, -0.1) is 0 Å². The molecule has 2 aromatic rings. The van der Waals surface area contributed by atoms with E-state index in [2.05, 4.69) is 11.0 Å². The van der Waals surface area contributed by atoms with Crippen LogP contribution in [0.25, 0.3) is 0 Å². The van der Waals surface area contributed by atoms with Gasteiger partial charge in [0.05, 0.1) is 12.6 Å². The summed E-state index contributed by atoms with van der Waals surface area (Å²) in [7, 11) is 3.65. The van der Waals surface area contributed by atoms with Crippen molar-refractivity contribution in [2.24, 2.45) is 5.73 Å². The van der Waals surface area contributed by atoms with Crippen LogP contribution in [0.3, 0.4) is 0 Å². The molecule has 0 bridgehead atoms. The second-order valence-corrected chi connectivity index (χ2v) is 4.97. The van der Waals surface area contributed by atoms with Gasteiger partial charge in [-0.2, -0.15) is 0 Å². The largest absolute Gasteiger partial charge is 0.380 e. The number of ether oxygens (including phenoxy) is 1. The van der Waals surface area contributed by atoms with Crippen LogP contribution in [-0.4, -0.2) is 20.7 Å². The molecule has 0 spiro atoms. The number of benzene rings is 2. The van der Waals surface area contributed by atoms with Gasteiger partial charge in [0, 0.05) is 26.4 Å². The second-order valence-electron chi connectivity index (χ2n) is 4.97. The molecule has 0 fully saturated rings. The predicted octanol–water partition coefficient (Wildman–Crippen LogP) is 3.11. The molecule has 2 rings (SSSR count). The molecular formula is C17H21FN2O. The molecule has 0 aliphatic rings. The first-order chi connectivity index (χ1) is 10.2. The standard InChI is InChI=1S/C17H21FN2O/c1-20(15-9-7-14(18)8-10-15)17(11-19)16-6-4-3-5-13(16)12-21-2/h3-10,17H,11-12,19H2,1-2H3. The molecule has 0 saturated heterocycles. The van der Waals surface area contributed by atoms with E-state index in [9.17, 15) is 4.39 Å². The van der Waals surface area contributed by atoms with Gasteiger partial charge in [0.1, 0.15) is 5.82 Å². The highest BCUT2D eigenvalue weighted by Gasteiger charge is 2.18. The van der Waals surface area contributed by atoms with Crippen molar-refractivity contribution in [3.8, 4) is 0 Å². The Balaban J connectivity index is 2.32. The van der Waals surface area contributed by atoms with Crippen molar-refractivity contribution < 1.29 is 9.13 Å². The molecule has 3 nitrogen and oxygen atoms in total. The summed E-state index contributed by atoms with van der Waals surface area (Å²) in [6.45, 7) is 1.01. The smallest absolute Gasteiger partial charge is 0.123 e. The summed E-state index contributed by atoms with van der Waals surface area (Å²) in [6, 6.07) is 14.5. The Morgan fingerprint density at radius 1 is 1.14 bits per heavy atom. The van der Waals surface area contributed by atoms with Crippen LogP contribution < -0.4 is 10.6 Å². The summed E-state index contributed by atoms with van der Waals surface area (Å²) >= 11 is 0. The normalized spacial score (nSPS) is 12.2. The van der Waals surface area contributed by atoms with E-state index in [1.165, 1.54) is 12.1 Å². The van der Waals surface area contributed by atoms with E-state index in [4.69, 9.17) is 10.5 Å². The zero-order chi connectivity index (χ0) is 15.2. The summed E-state index contributed by atoms with van der Waals surface area (Å²) in [4.78, 5) is 2.06. The summed E-state index contributed by atoms with van der Waals surface area (Å²) in [6.07, 6.45) is 0. The van der Waals surface area contributed by atoms with Crippen LogP contribution in [0.4, 0.5) is 10.1 Å².